The van der Waals surface area contributed by atoms with Gasteiger partial charge in [-0.25, -0.2) is 15.0 Å². The highest BCUT2D eigenvalue weighted by Crippen LogP contribution is 2.61. The van der Waals surface area contributed by atoms with Gasteiger partial charge >= 0.3 is 0 Å². The quantitative estimate of drug-likeness (QED) is 0.182. The van der Waals surface area contributed by atoms with E-state index in [2.05, 4.69) is 91.0 Å². The zero-order chi connectivity index (χ0) is 32.4. The van der Waals surface area contributed by atoms with Crippen molar-refractivity contribution in [1.82, 2.24) is 15.0 Å². The Bertz CT molecular complexity index is 2200. The summed E-state index contributed by atoms with van der Waals surface area (Å²) in [7, 11) is 0. The number of rotatable bonds is 6. The molecule has 4 saturated carbocycles. The van der Waals surface area contributed by atoms with E-state index in [-0.39, 0.29) is 5.41 Å². The maximum Gasteiger partial charge on any atom is 0.182 e. The number of hydrogen-bond acceptors (Lipinski definition) is 4. The first-order chi connectivity index (χ1) is 24.2. The van der Waals surface area contributed by atoms with Crippen molar-refractivity contribution in [3.05, 3.63) is 139 Å². The van der Waals surface area contributed by atoms with Crippen LogP contribution in [0.25, 0.3) is 67.3 Å². The first kappa shape index (κ1) is 28.6. The van der Waals surface area contributed by atoms with Crippen molar-refractivity contribution in [1.29, 1.82) is 0 Å². The van der Waals surface area contributed by atoms with E-state index in [1.165, 1.54) is 49.7 Å². The molecule has 4 aliphatic carbocycles. The summed E-state index contributed by atoms with van der Waals surface area (Å²) in [6.45, 7) is 0. The van der Waals surface area contributed by atoms with Crippen LogP contribution in [0.5, 0.6) is 0 Å². The largest absolute Gasteiger partial charge is 0.443 e. The number of nitrogens with zero attached hydrogens (tertiary/aromatic N) is 3. The average molecular weight is 636 g/mol. The minimum absolute atomic E-state index is 0.288. The smallest absolute Gasteiger partial charge is 0.182 e. The van der Waals surface area contributed by atoms with Crippen molar-refractivity contribution in [3.8, 4) is 56.2 Å². The van der Waals surface area contributed by atoms with Crippen molar-refractivity contribution in [3.63, 3.8) is 0 Å². The standard InChI is InChI=1S/C45H37N3O/c1-3-7-35(8-4-1)40-24-41(48-44(47-40)37-9-5-2-6-10-37)36-17-13-33(14-18-36)32-11-15-34(16-12-32)38-19-20-39(42-43(38)49-28-46-42)45-25-29-21-30(26-45)23-31(22-29)27-45/h1-20,24,28-31H,21-23,25-27H2. The van der Waals surface area contributed by atoms with Crippen LogP contribution in [0.2, 0.25) is 0 Å². The Labute approximate surface area is 286 Å². The predicted molar refractivity (Wildman–Crippen MR) is 197 cm³/mol. The summed E-state index contributed by atoms with van der Waals surface area (Å²) in [5, 5.41) is 0. The summed E-state index contributed by atoms with van der Waals surface area (Å²) in [6.07, 6.45) is 9.96. The SMILES string of the molecule is c1ccc(-c2cc(-c3ccc(-c4ccc(-c5ccc(C67CC8CC(CC(C8)C6)C7)c6ncoc56)cc4)cc3)nc(-c3ccccc3)n2)cc1. The van der Waals surface area contributed by atoms with Gasteiger partial charge < -0.3 is 4.42 Å². The molecule has 7 aromatic rings. The van der Waals surface area contributed by atoms with Gasteiger partial charge in [0.2, 0.25) is 0 Å². The zero-order valence-electron chi connectivity index (χ0n) is 27.4. The molecule has 0 amide bonds. The van der Waals surface area contributed by atoms with E-state index in [1.54, 1.807) is 6.39 Å². The maximum absolute atomic E-state index is 6.13. The Kier molecular flexibility index (Phi) is 6.65. The van der Waals surface area contributed by atoms with Crippen LogP contribution in [0.15, 0.2) is 138 Å². The van der Waals surface area contributed by atoms with E-state index in [0.717, 1.165) is 79.4 Å². The Morgan fingerprint density at radius 3 is 1.61 bits per heavy atom. The Balaban J connectivity index is 0.946. The molecule has 4 fully saturated rings. The highest BCUT2D eigenvalue weighted by molar-refractivity contribution is 5.93. The molecule has 4 nitrogen and oxygen atoms in total. The highest BCUT2D eigenvalue weighted by Gasteiger charge is 2.52. The first-order valence-electron chi connectivity index (χ1n) is 17.8. The zero-order valence-corrected chi connectivity index (χ0v) is 27.4. The van der Waals surface area contributed by atoms with Crippen LogP contribution in [0.3, 0.4) is 0 Å². The molecular formula is C45H37N3O. The highest BCUT2D eigenvalue weighted by atomic mass is 16.3. The first-order valence-corrected chi connectivity index (χ1v) is 17.8. The topological polar surface area (TPSA) is 51.8 Å². The van der Waals surface area contributed by atoms with Crippen molar-refractivity contribution in [2.45, 2.75) is 43.9 Å². The molecule has 4 aliphatic rings. The van der Waals surface area contributed by atoms with Gasteiger partial charge in [0.1, 0.15) is 5.52 Å². The molecule has 49 heavy (non-hydrogen) atoms. The maximum atomic E-state index is 6.13. The fourth-order valence-electron chi connectivity index (χ4n) is 9.79. The van der Waals surface area contributed by atoms with Crippen molar-refractivity contribution >= 4 is 11.1 Å². The Morgan fingerprint density at radius 2 is 1.02 bits per heavy atom. The van der Waals surface area contributed by atoms with E-state index in [0.29, 0.717) is 0 Å². The number of fused-ring (bicyclic) bond motifs is 1. The van der Waals surface area contributed by atoms with Crippen LogP contribution in [-0.4, -0.2) is 15.0 Å². The van der Waals surface area contributed by atoms with Gasteiger partial charge in [-0.05, 0) is 90.0 Å². The van der Waals surface area contributed by atoms with Crippen LogP contribution >= 0.6 is 0 Å². The lowest BCUT2D eigenvalue weighted by Crippen LogP contribution is -2.48. The van der Waals surface area contributed by atoms with Gasteiger partial charge in [-0.15, -0.1) is 0 Å². The molecular weight excluding hydrogens is 599 g/mol. The number of hydrogen-bond donors (Lipinski definition) is 0. The summed E-state index contributed by atoms with van der Waals surface area (Å²) in [5.41, 5.74) is 13.3. The van der Waals surface area contributed by atoms with Gasteiger partial charge in [0, 0.05) is 22.3 Å². The predicted octanol–water partition coefficient (Wildman–Crippen LogP) is 11.4. The molecule has 0 aliphatic heterocycles. The van der Waals surface area contributed by atoms with Crippen molar-refractivity contribution < 1.29 is 4.42 Å². The molecule has 0 radical (unpaired) electrons. The molecule has 2 aromatic heterocycles. The molecule has 11 rings (SSSR count). The fraction of sp³-hybridized carbons (Fsp3) is 0.222. The normalized spacial score (nSPS) is 22.5. The van der Waals surface area contributed by atoms with E-state index in [1.807, 2.05) is 36.4 Å². The molecule has 0 unspecified atom stereocenters. The number of benzene rings is 5. The monoisotopic (exact) mass is 635 g/mol. The van der Waals surface area contributed by atoms with Crippen LogP contribution in [0.1, 0.15) is 44.1 Å². The molecule has 0 atom stereocenters. The molecule has 0 spiro atoms. The van der Waals surface area contributed by atoms with E-state index in [4.69, 9.17) is 19.4 Å². The minimum atomic E-state index is 0.288. The Morgan fingerprint density at radius 1 is 0.510 bits per heavy atom. The van der Waals surface area contributed by atoms with E-state index < -0.39 is 0 Å². The molecule has 4 bridgehead atoms. The van der Waals surface area contributed by atoms with E-state index in [9.17, 15) is 0 Å². The average Bonchev–Trinajstić information content (AvgIpc) is 3.65. The third-order valence-electron chi connectivity index (χ3n) is 11.6. The van der Waals surface area contributed by atoms with Gasteiger partial charge in [-0.2, -0.15) is 0 Å². The van der Waals surface area contributed by atoms with Crippen LogP contribution in [-0.2, 0) is 5.41 Å². The molecule has 2 heterocycles. The molecule has 5 aromatic carbocycles. The van der Waals surface area contributed by atoms with Crippen LogP contribution in [0.4, 0.5) is 0 Å². The summed E-state index contributed by atoms with van der Waals surface area (Å²) in [5.74, 6) is 3.42. The summed E-state index contributed by atoms with van der Waals surface area (Å²) in [4.78, 5) is 14.8. The van der Waals surface area contributed by atoms with Gasteiger partial charge in [0.05, 0.1) is 11.4 Å². The van der Waals surface area contributed by atoms with Crippen LogP contribution < -0.4 is 0 Å². The second kappa shape index (κ2) is 11.4. The van der Waals surface area contributed by atoms with Gasteiger partial charge in [-0.1, -0.05) is 121 Å². The van der Waals surface area contributed by atoms with Gasteiger partial charge in [0.25, 0.3) is 0 Å². The lowest BCUT2D eigenvalue weighted by molar-refractivity contribution is -0.00457. The molecule has 4 heteroatoms. The lowest BCUT2D eigenvalue weighted by Gasteiger charge is -2.57. The summed E-state index contributed by atoms with van der Waals surface area (Å²) >= 11 is 0. The Hall–Kier alpha value is -5.35. The van der Waals surface area contributed by atoms with Gasteiger partial charge in [0.15, 0.2) is 17.8 Å². The third-order valence-corrected chi connectivity index (χ3v) is 11.6. The number of oxazole rings is 1. The third kappa shape index (κ3) is 5.01. The fourth-order valence-corrected chi connectivity index (χ4v) is 9.79. The molecule has 0 N–H and O–H groups in total. The van der Waals surface area contributed by atoms with Crippen molar-refractivity contribution in [2.75, 3.05) is 0 Å². The second-order valence-corrected chi connectivity index (χ2v) is 14.7. The van der Waals surface area contributed by atoms with Gasteiger partial charge in [-0.3, -0.25) is 0 Å². The number of aromatic nitrogens is 3. The van der Waals surface area contributed by atoms with E-state index >= 15 is 0 Å². The second-order valence-electron chi connectivity index (χ2n) is 14.7. The molecule has 238 valence electrons. The summed E-state index contributed by atoms with van der Waals surface area (Å²) in [6, 6.07) is 44.8. The summed E-state index contributed by atoms with van der Waals surface area (Å²) < 4.78 is 6.13. The lowest BCUT2D eigenvalue weighted by atomic mass is 9.48. The van der Waals surface area contributed by atoms with Crippen LogP contribution in [0, 0.1) is 17.8 Å². The minimum Gasteiger partial charge on any atom is -0.443 e. The molecule has 0 saturated heterocycles. The van der Waals surface area contributed by atoms with Crippen molar-refractivity contribution in [2.24, 2.45) is 17.8 Å².